The fourth-order valence-electron chi connectivity index (χ4n) is 25.8. The lowest BCUT2D eigenvalue weighted by atomic mass is 9.47. The SMILES string of the molecule is BrB(Br)Br.CC(C)CC=O.CC(C)CC[C@H]1C[C@@]2(O)[C@H]3Cc4ccc(O)cc4[C@@]2(CCN3CC2CC2)CC1=O.Cc1ccc2c(c1)[C@]13CCN(CC4CC4)[C@H](C2)[C@]1(O)C/C(=C\CC(C)C)C(=O)C3.Cc1ccc2c(c1)[C@]13CCN(CC4CC4)[C@H](C2)[C@]1(O)CCC(=O)C3.Cc1ccc2c(c1)[C@]13CCN(CC4CC4)[C@H](C2)[C@]1(O)C[C@H](CCC(C)C)C(=O)C3.[HH]. The summed E-state index contributed by atoms with van der Waals surface area (Å²) >= 11 is 9.31. The Morgan fingerprint density at radius 1 is 0.438 bits per heavy atom. The monoisotopic (exact) mass is 1850 g/mol. The molecule has 0 unspecified atom stereocenters. The molecule has 16 aliphatic rings. The molecule has 4 aliphatic heterocycles. The average molecular weight is 1850 g/mol. The number of hydrogen-bond donors (Lipinski definition) is 5. The maximum atomic E-state index is 13.3. The lowest BCUT2D eigenvalue weighted by Crippen LogP contribution is -2.74. The number of Topliss-reactive ketones (excluding diaryl/α,β-unsaturated/α-hetero) is 4. The summed E-state index contributed by atoms with van der Waals surface area (Å²) in [6.45, 7) is 32.2. The summed E-state index contributed by atoms with van der Waals surface area (Å²) in [7, 11) is 0. The van der Waals surface area contributed by atoms with Crippen LogP contribution in [-0.4, -0.2) is 177 Å². The van der Waals surface area contributed by atoms with E-state index in [4.69, 9.17) is 0 Å². The number of aliphatic hydroxyl groups is 4. The number of allylic oxidation sites excluding steroid dienone is 1. The third-order valence-corrected chi connectivity index (χ3v) is 33.1. The Morgan fingerprint density at radius 2 is 0.777 bits per heavy atom. The number of aryl methyl sites for hydroxylation is 3. The van der Waals surface area contributed by atoms with Crippen LogP contribution < -0.4 is 0 Å². The van der Waals surface area contributed by atoms with Gasteiger partial charge in [-0.3, -0.25) is 38.8 Å². The van der Waals surface area contributed by atoms with Crippen molar-refractivity contribution >= 4 is 79.9 Å². The molecule has 4 aromatic rings. The molecule has 4 aromatic carbocycles. The second kappa shape index (κ2) is 36.5. The summed E-state index contributed by atoms with van der Waals surface area (Å²) in [5.41, 5.74) is 9.91. The van der Waals surface area contributed by atoms with Gasteiger partial charge in [-0.25, -0.2) is 0 Å². The summed E-state index contributed by atoms with van der Waals surface area (Å²) in [5.74, 6) is 7.07. The van der Waals surface area contributed by atoms with E-state index < -0.39 is 33.2 Å². The third-order valence-electron chi connectivity index (χ3n) is 33.1. The van der Waals surface area contributed by atoms with Gasteiger partial charge in [0.05, 0.1) is 22.4 Å². The first-order valence-corrected chi connectivity index (χ1v) is 50.4. The van der Waals surface area contributed by atoms with Crippen LogP contribution in [0.2, 0.25) is 0 Å². The highest BCUT2D eigenvalue weighted by atomic mass is 79.9. The van der Waals surface area contributed by atoms with Crippen LogP contribution in [0.5, 0.6) is 5.75 Å². The van der Waals surface area contributed by atoms with Crippen molar-refractivity contribution in [3.8, 4) is 5.75 Å². The second-order valence-corrected chi connectivity index (χ2v) is 49.8. The molecule has 0 radical (unpaired) electrons. The Balaban J connectivity index is 0.000000128. The number of aromatic hydroxyl groups is 1. The summed E-state index contributed by atoms with van der Waals surface area (Å²) in [5, 5.41) is 59.4. The highest BCUT2D eigenvalue weighted by molar-refractivity contribution is 9.69. The number of phenolic OH excluding ortho intramolecular Hbond substituents is 1. The Kier molecular flexibility index (Phi) is 27.6. The summed E-state index contributed by atoms with van der Waals surface area (Å²) < 4.78 is 0.271. The number of phenols is 1. The first-order chi connectivity index (χ1) is 57.5. The van der Waals surface area contributed by atoms with E-state index in [1.165, 1.54) is 107 Å². The largest absolute Gasteiger partial charge is 0.508 e. The molecule has 14 nitrogen and oxygen atoms in total. The fourth-order valence-corrected chi connectivity index (χ4v) is 25.8. The van der Waals surface area contributed by atoms with E-state index in [1.807, 2.05) is 26.0 Å². The summed E-state index contributed by atoms with van der Waals surface area (Å²) in [6, 6.07) is 26.4. The molecular weight excluding hydrogens is 1700 g/mol. The number of piperidine rings is 4. The molecule has 14 atom stereocenters. The minimum atomic E-state index is -0.878. The fraction of sp³-hybridized carbons (Fsp3) is 0.699. The third kappa shape index (κ3) is 18.3. The number of aldehydes is 1. The Bertz CT molecular complexity index is 4370. The molecule has 20 rings (SSSR count). The van der Waals surface area contributed by atoms with Crippen LogP contribution in [0.4, 0.5) is 0 Å². The van der Waals surface area contributed by atoms with E-state index in [1.54, 1.807) is 6.07 Å². The van der Waals surface area contributed by atoms with Crippen molar-refractivity contribution in [1.29, 1.82) is 0 Å². The first-order valence-electron chi connectivity index (χ1n) is 47.6. The topological polar surface area (TPSA) is 199 Å². The number of hydrogen-bond acceptors (Lipinski definition) is 14. The van der Waals surface area contributed by atoms with Gasteiger partial charge in [0.2, 0.25) is 0 Å². The van der Waals surface area contributed by atoms with E-state index in [2.05, 4.69) is 190 Å². The van der Waals surface area contributed by atoms with Crippen LogP contribution in [0.3, 0.4) is 0 Å². The molecular formula is C103H146BBr3N4O10. The molecule has 4 saturated heterocycles. The summed E-state index contributed by atoms with van der Waals surface area (Å²) in [6.07, 6.45) is 31.4. The second-order valence-electron chi connectivity index (χ2n) is 43.4. The number of fused-ring (bicyclic) bond motifs is 4. The molecule has 5 N–H and O–H groups in total. The Morgan fingerprint density at radius 3 is 1.12 bits per heavy atom. The van der Waals surface area contributed by atoms with Crippen LogP contribution in [0.1, 0.15) is 291 Å². The van der Waals surface area contributed by atoms with Crippen molar-refractivity contribution in [2.24, 2.45) is 59.2 Å². The van der Waals surface area contributed by atoms with Gasteiger partial charge < -0.3 is 30.3 Å². The van der Waals surface area contributed by atoms with Crippen molar-refractivity contribution in [2.45, 2.75) is 343 Å². The van der Waals surface area contributed by atoms with Crippen molar-refractivity contribution in [2.75, 3.05) is 52.4 Å². The average Bonchev–Trinajstić information content (AvgIpc) is 0.939. The molecule has 121 heavy (non-hydrogen) atoms. The number of carbonyl (C=O) groups is 5. The maximum absolute atomic E-state index is 13.3. The summed E-state index contributed by atoms with van der Waals surface area (Å²) in [4.78, 5) is 72.2. The molecule has 18 heteroatoms. The van der Waals surface area contributed by atoms with Gasteiger partial charge in [0.15, 0.2) is 5.78 Å². The van der Waals surface area contributed by atoms with Gasteiger partial charge >= 0.3 is 3.18 Å². The Hall–Kier alpha value is -4.05. The van der Waals surface area contributed by atoms with Gasteiger partial charge in [-0.2, -0.15) is 0 Å². The van der Waals surface area contributed by atoms with Crippen LogP contribution in [0.15, 0.2) is 84.4 Å². The number of benzene rings is 4. The van der Waals surface area contributed by atoms with Gasteiger partial charge in [-0.15, -0.1) is 47.3 Å². The van der Waals surface area contributed by atoms with Gasteiger partial charge in [0.1, 0.15) is 29.4 Å². The molecule has 8 saturated carbocycles. The lowest BCUT2D eigenvalue weighted by molar-refractivity contribution is -0.182. The standard InChI is InChI=1S/C26H37NO2.C26H35NO2.C25H35NO3.C21H27NO2.C5H10O.BBr3.H2/c2*1-17(2)4-8-21-14-26(29)24-13-20-9-5-18(3)12-22(20)25(26,15-23(21)28)10-11-27(24)16-19-6-7-19;1-16(2)3-6-19-13-25(29)23-11-18-7-8-20(27)12-21(18)24(25,14-22(19)28)9-10-26(23)15-17-4-5-17;1-14-2-5-16-11-19-21(24)7-6-17(23)12-20(21,18(16)10-14)8-9-22(19)13-15-3-4-15;1-5(2)3-4-6;2-1(3)4;/h5,9,12,17,19,21,24,29H,4,6-8,10-11,13-16H2,1-3H3;5,8-9,12,17,19,24,29H,4,6-7,10-11,13-16H2,1-3H3;7-8,12,16-17,19,23,27,29H,3-6,9-11,13-15H2,1-2H3;2,5,10,15,19,24H,3-4,6-9,11-13H2,1H3;4-5H,3H2,1-2H3;;1H/b;21-8+;;;;;/t21-,24+,25+,26+;24-,25-,26-;19-,23+,24+,25+;19-,20-,21-;;;/m0101.../s1. The highest BCUT2D eigenvalue weighted by Gasteiger charge is 2.71. The van der Waals surface area contributed by atoms with Gasteiger partial charge in [0, 0.05) is 130 Å². The molecule has 0 aromatic heterocycles. The van der Waals surface area contributed by atoms with Gasteiger partial charge in [-0.1, -0.05) is 152 Å². The van der Waals surface area contributed by atoms with Crippen molar-refractivity contribution in [3.63, 3.8) is 0 Å². The molecule has 12 fully saturated rings. The van der Waals surface area contributed by atoms with Crippen LogP contribution in [0, 0.1) is 80.0 Å². The quantitative estimate of drug-likeness (QED) is 0.0358. The van der Waals surface area contributed by atoms with Crippen molar-refractivity contribution < 1.29 is 50.9 Å². The maximum Gasteiger partial charge on any atom is 0.369 e. The Labute approximate surface area is 751 Å². The highest BCUT2D eigenvalue weighted by Crippen LogP contribution is 2.64. The molecule has 12 aliphatic carbocycles. The number of carbonyl (C=O) groups excluding carboxylic acids is 5. The zero-order valence-electron chi connectivity index (χ0n) is 75.0. The smallest absolute Gasteiger partial charge is 0.369 e. The van der Waals surface area contributed by atoms with Gasteiger partial charge in [-0.05, 0) is 298 Å². The van der Waals surface area contributed by atoms with E-state index in [0.29, 0.717) is 105 Å². The van der Waals surface area contributed by atoms with Crippen LogP contribution in [0.25, 0.3) is 0 Å². The van der Waals surface area contributed by atoms with Crippen molar-refractivity contribution in [1.82, 2.24) is 19.6 Å². The molecule has 8 bridgehead atoms. The van der Waals surface area contributed by atoms with E-state index >= 15 is 0 Å². The number of likely N-dealkylation sites (tertiary alicyclic amines) is 4. The minimum absolute atomic E-state index is 0. The normalized spacial score (nSPS) is 34.5. The molecule has 0 amide bonds. The predicted octanol–water partition coefficient (Wildman–Crippen LogP) is 19.0. The zero-order valence-corrected chi connectivity index (χ0v) is 79.8. The number of ketones is 4. The van der Waals surface area contributed by atoms with Gasteiger partial charge in [0.25, 0.3) is 0 Å². The van der Waals surface area contributed by atoms with E-state index in [-0.39, 0.29) is 63.0 Å². The van der Waals surface area contributed by atoms with Crippen LogP contribution >= 0.6 is 47.3 Å². The molecule has 4 heterocycles. The van der Waals surface area contributed by atoms with E-state index in [9.17, 15) is 49.5 Å². The lowest BCUT2D eigenvalue weighted by Gasteiger charge is -2.64. The van der Waals surface area contributed by atoms with E-state index in [0.717, 1.165) is 177 Å². The molecule has 0 spiro atoms. The number of nitrogens with zero attached hydrogens (tertiary/aromatic N) is 4. The first kappa shape index (κ1) is 91.7. The predicted molar refractivity (Wildman–Crippen MR) is 498 cm³/mol. The zero-order chi connectivity index (χ0) is 86.3. The number of rotatable bonds is 18. The van der Waals surface area contributed by atoms with Crippen LogP contribution in [-0.2, 0) is 71.3 Å². The van der Waals surface area contributed by atoms with Crippen molar-refractivity contribution in [3.05, 3.63) is 146 Å². The number of halogens is 3. The minimum Gasteiger partial charge on any atom is -0.508 e. The molecule has 662 valence electrons.